The highest BCUT2D eigenvalue weighted by Gasteiger charge is 2.15. The molecular weight excluding hydrogens is 329 g/mol. The molecule has 102 valence electrons. The van der Waals surface area contributed by atoms with Crippen LogP contribution in [0.3, 0.4) is 0 Å². The van der Waals surface area contributed by atoms with Crippen molar-refractivity contribution in [3.63, 3.8) is 0 Å². The standard InChI is InChI=1S/C14H9BrFNO3/c15-10-6-8(16)2-3-9(10)13(18)7-1-4-11-12(5-7)20-14(19)17-11/h1-6,13,18H,(H,17,19). The lowest BCUT2D eigenvalue weighted by Crippen LogP contribution is -2.00. The summed E-state index contributed by atoms with van der Waals surface area (Å²) in [7, 11) is 0. The van der Waals surface area contributed by atoms with E-state index >= 15 is 0 Å². The molecule has 6 heteroatoms. The Labute approximate surface area is 121 Å². The van der Waals surface area contributed by atoms with Gasteiger partial charge in [-0.1, -0.05) is 28.1 Å². The molecular formula is C14H9BrFNO3. The van der Waals surface area contributed by atoms with E-state index in [1.54, 1.807) is 18.2 Å². The summed E-state index contributed by atoms with van der Waals surface area (Å²) in [5.74, 6) is -0.936. The van der Waals surface area contributed by atoms with Crippen molar-refractivity contribution in [1.82, 2.24) is 4.98 Å². The number of halogens is 2. The number of oxazole rings is 1. The zero-order chi connectivity index (χ0) is 14.3. The van der Waals surface area contributed by atoms with Crippen molar-refractivity contribution < 1.29 is 13.9 Å². The molecule has 0 aliphatic carbocycles. The van der Waals surface area contributed by atoms with Crippen LogP contribution in [0.2, 0.25) is 0 Å². The second kappa shape index (κ2) is 4.88. The van der Waals surface area contributed by atoms with Crippen molar-refractivity contribution in [2.24, 2.45) is 0 Å². The van der Waals surface area contributed by atoms with Crippen LogP contribution in [0.5, 0.6) is 0 Å². The van der Waals surface area contributed by atoms with Crippen molar-refractivity contribution in [3.8, 4) is 0 Å². The number of fused-ring (bicyclic) bond motifs is 1. The Morgan fingerprint density at radius 1 is 1.25 bits per heavy atom. The second-order valence-electron chi connectivity index (χ2n) is 4.34. The molecule has 0 bridgehead atoms. The maximum Gasteiger partial charge on any atom is 0.417 e. The van der Waals surface area contributed by atoms with Crippen molar-refractivity contribution >= 4 is 27.0 Å². The highest BCUT2D eigenvalue weighted by Crippen LogP contribution is 2.30. The second-order valence-corrected chi connectivity index (χ2v) is 5.19. The van der Waals surface area contributed by atoms with Crippen LogP contribution in [-0.2, 0) is 0 Å². The first-order valence-corrected chi connectivity index (χ1v) is 6.59. The van der Waals surface area contributed by atoms with Crippen molar-refractivity contribution in [2.45, 2.75) is 6.10 Å². The van der Waals surface area contributed by atoms with Gasteiger partial charge in [-0.2, -0.15) is 0 Å². The van der Waals surface area contributed by atoms with E-state index < -0.39 is 11.9 Å². The predicted molar refractivity (Wildman–Crippen MR) is 75.0 cm³/mol. The Morgan fingerprint density at radius 3 is 2.80 bits per heavy atom. The van der Waals surface area contributed by atoms with E-state index in [1.807, 2.05) is 0 Å². The molecule has 2 aromatic carbocycles. The largest absolute Gasteiger partial charge is 0.417 e. The van der Waals surface area contributed by atoms with Gasteiger partial charge in [0, 0.05) is 4.47 Å². The molecule has 1 heterocycles. The molecule has 0 aliphatic rings. The summed E-state index contributed by atoms with van der Waals surface area (Å²) in [4.78, 5) is 13.6. The van der Waals surface area contributed by atoms with Crippen LogP contribution >= 0.6 is 15.9 Å². The normalized spacial score (nSPS) is 12.8. The molecule has 0 fully saturated rings. The zero-order valence-electron chi connectivity index (χ0n) is 10.1. The molecule has 0 aliphatic heterocycles. The smallest absolute Gasteiger partial charge is 0.408 e. The van der Waals surface area contributed by atoms with Gasteiger partial charge in [0.15, 0.2) is 5.58 Å². The van der Waals surface area contributed by atoms with Crippen LogP contribution in [0.4, 0.5) is 4.39 Å². The summed E-state index contributed by atoms with van der Waals surface area (Å²) < 4.78 is 18.5. The lowest BCUT2D eigenvalue weighted by atomic mass is 10.0. The molecule has 20 heavy (non-hydrogen) atoms. The monoisotopic (exact) mass is 337 g/mol. The first-order chi connectivity index (χ1) is 9.54. The third-order valence-corrected chi connectivity index (χ3v) is 3.70. The van der Waals surface area contributed by atoms with Crippen LogP contribution in [0, 0.1) is 5.82 Å². The molecule has 0 saturated heterocycles. The molecule has 3 aromatic rings. The average molecular weight is 338 g/mol. The Bertz CT molecular complexity index is 840. The molecule has 1 aromatic heterocycles. The minimum atomic E-state index is -0.949. The van der Waals surface area contributed by atoms with Crippen LogP contribution in [0.15, 0.2) is 50.1 Å². The number of aromatic nitrogens is 1. The van der Waals surface area contributed by atoms with Gasteiger partial charge >= 0.3 is 5.76 Å². The molecule has 1 atom stereocenters. The van der Waals surface area contributed by atoms with E-state index in [-0.39, 0.29) is 5.82 Å². The molecule has 4 nitrogen and oxygen atoms in total. The minimum Gasteiger partial charge on any atom is -0.408 e. The van der Waals surface area contributed by atoms with Crippen molar-refractivity contribution in [3.05, 3.63) is 68.4 Å². The summed E-state index contributed by atoms with van der Waals surface area (Å²) in [6, 6.07) is 8.96. The maximum absolute atomic E-state index is 13.1. The fourth-order valence-electron chi connectivity index (χ4n) is 2.03. The van der Waals surface area contributed by atoms with E-state index in [9.17, 15) is 14.3 Å². The van der Waals surface area contributed by atoms with E-state index in [2.05, 4.69) is 20.9 Å². The third kappa shape index (κ3) is 2.28. The number of aliphatic hydroxyl groups is 1. The fourth-order valence-corrected chi connectivity index (χ4v) is 2.60. The lowest BCUT2D eigenvalue weighted by molar-refractivity contribution is 0.219. The van der Waals surface area contributed by atoms with E-state index in [1.165, 1.54) is 18.2 Å². The van der Waals surface area contributed by atoms with E-state index in [0.717, 1.165) is 0 Å². The highest BCUT2D eigenvalue weighted by molar-refractivity contribution is 9.10. The van der Waals surface area contributed by atoms with Crippen LogP contribution in [0.1, 0.15) is 17.2 Å². The van der Waals surface area contributed by atoms with E-state index in [0.29, 0.717) is 26.7 Å². The first-order valence-electron chi connectivity index (χ1n) is 5.80. The molecule has 0 radical (unpaired) electrons. The number of aliphatic hydroxyl groups excluding tert-OH is 1. The Balaban J connectivity index is 2.06. The Hall–Kier alpha value is -1.92. The molecule has 1 unspecified atom stereocenters. The van der Waals surface area contributed by atoms with Crippen molar-refractivity contribution in [2.75, 3.05) is 0 Å². The fraction of sp³-hybridized carbons (Fsp3) is 0.0714. The van der Waals surface area contributed by atoms with Crippen LogP contribution < -0.4 is 5.76 Å². The van der Waals surface area contributed by atoms with Gasteiger partial charge in [0.05, 0.1) is 5.52 Å². The van der Waals surface area contributed by atoms with Gasteiger partial charge in [-0.25, -0.2) is 9.18 Å². The predicted octanol–water partition coefficient (Wildman–Crippen LogP) is 3.10. The number of rotatable bonds is 2. The lowest BCUT2D eigenvalue weighted by Gasteiger charge is -2.13. The minimum absolute atomic E-state index is 0.366. The summed E-state index contributed by atoms with van der Waals surface area (Å²) in [6.07, 6.45) is -0.949. The topological polar surface area (TPSA) is 66.2 Å². The third-order valence-electron chi connectivity index (χ3n) is 3.02. The summed E-state index contributed by atoms with van der Waals surface area (Å²) >= 11 is 3.22. The number of H-pyrrole nitrogens is 1. The maximum atomic E-state index is 13.1. The summed E-state index contributed by atoms with van der Waals surface area (Å²) in [5, 5.41) is 10.3. The zero-order valence-corrected chi connectivity index (χ0v) is 11.6. The first kappa shape index (κ1) is 13.1. The van der Waals surface area contributed by atoms with Gasteiger partial charge in [-0.3, -0.25) is 4.98 Å². The van der Waals surface area contributed by atoms with E-state index in [4.69, 9.17) is 4.42 Å². The van der Waals surface area contributed by atoms with Crippen LogP contribution in [0.25, 0.3) is 11.1 Å². The van der Waals surface area contributed by atoms with Crippen LogP contribution in [-0.4, -0.2) is 10.1 Å². The van der Waals surface area contributed by atoms with Gasteiger partial charge in [-0.15, -0.1) is 0 Å². The molecule has 0 spiro atoms. The van der Waals surface area contributed by atoms with Crippen molar-refractivity contribution in [1.29, 1.82) is 0 Å². The summed E-state index contributed by atoms with van der Waals surface area (Å²) in [5.41, 5.74) is 2.00. The highest BCUT2D eigenvalue weighted by atomic mass is 79.9. The average Bonchev–Trinajstić information content (AvgIpc) is 2.77. The SMILES string of the molecule is O=c1[nH]c2ccc(C(O)c3ccc(F)cc3Br)cc2o1. The van der Waals surface area contributed by atoms with Gasteiger partial charge in [0.2, 0.25) is 0 Å². The van der Waals surface area contributed by atoms with Gasteiger partial charge in [0.1, 0.15) is 11.9 Å². The molecule has 2 N–H and O–H groups in total. The Morgan fingerprint density at radius 2 is 2.05 bits per heavy atom. The summed E-state index contributed by atoms with van der Waals surface area (Å²) in [6.45, 7) is 0. The number of nitrogens with one attached hydrogen (secondary N) is 1. The molecule has 3 rings (SSSR count). The molecule has 0 saturated carbocycles. The van der Waals surface area contributed by atoms with Gasteiger partial charge < -0.3 is 9.52 Å². The number of benzene rings is 2. The van der Waals surface area contributed by atoms with Gasteiger partial charge in [0.25, 0.3) is 0 Å². The number of hydrogen-bond acceptors (Lipinski definition) is 3. The number of hydrogen-bond donors (Lipinski definition) is 2. The number of aromatic amines is 1. The quantitative estimate of drug-likeness (QED) is 0.755. The Kier molecular flexibility index (Phi) is 3.19. The van der Waals surface area contributed by atoms with Gasteiger partial charge in [-0.05, 0) is 35.4 Å². The molecule has 0 amide bonds.